The minimum Gasteiger partial charge on any atom is -0.466 e. The molecule has 0 rings (SSSR count). The Bertz CT molecular complexity index is 91.6. The average molecular weight is 258 g/mol. The largest absolute Gasteiger partial charge is 0.466 e. The van der Waals surface area contributed by atoms with Gasteiger partial charge in [0.15, 0.2) is 0 Å². The summed E-state index contributed by atoms with van der Waals surface area (Å²) in [4.78, 5) is 10.2. The van der Waals surface area contributed by atoms with Gasteiger partial charge in [-0.3, -0.25) is 4.79 Å². The lowest BCUT2D eigenvalue weighted by Crippen LogP contribution is -2.02. The predicted molar refractivity (Wildman–Crippen MR) is 51.5 cm³/mol. The van der Waals surface area contributed by atoms with E-state index in [4.69, 9.17) is 4.74 Å². The highest BCUT2D eigenvalue weighted by atomic mass is 127. The first-order chi connectivity index (χ1) is 4.13. The number of halogens is 1. The fraction of sp³-hybridized carbons (Fsp3) is 0.857. The summed E-state index contributed by atoms with van der Waals surface area (Å²) < 4.78 is 4.71. The molecule has 2 nitrogen and oxygen atoms in total. The van der Waals surface area contributed by atoms with Crippen molar-refractivity contribution in [3.63, 3.8) is 0 Å². The summed E-state index contributed by atoms with van der Waals surface area (Å²) in [7, 11) is 0. The van der Waals surface area contributed by atoms with E-state index in [0.717, 1.165) is 6.42 Å². The Labute approximate surface area is 79.3 Å². The second-order valence-corrected chi connectivity index (χ2v) is 2.52. The third-order valence-electron chi connectivity index (χ3n) is 1.00. The quantitative estimate of drug-likeness (QED) is 0.573. The highest BCUT2D eigenvalue weighted by Crippen LogP contribution is 1.98. The molecule has 0 spiro atoms. The maximum Gasteiger partial charge on any atom is 0.302 e. The smallest absolute Gasteiger partial charge is 0.302 e. The van der Waals surface area contributed by atoms with Crippen LogP contribution in [-0.4, -0.2) is 12.6 Å². The molecular weight excluding hydrogens is 243 g/mol. The van der Waals surface area contributed by atoms with Crippen LogP contribution in [0.25, 0.3) is 0 Å². The minimum absolute atomic E-state index is 0. The van der Waals surface area contributed by atoms with Crippen LogP contribution in [0, 0.1) is 5.92 Å². The van der Waals surface area contributed by atoms with Crippen LogP contribution < -0.4 is 0 Å². The Morgan fingerprint density at radius 1 is 1.50 bits per heavy atom. The van der Waals surface area contributed by atoms with Gasteiger partial charge in [-0.25, -0.2) is 0 Å². The monoisotopic (exact) mass is 258 g/mol. The predicted octanol–water partition coefficient (Wildman–Crippen LogP) is 2.21. The van der Waals surface area contributed by atoms with Crippen LogP contribution in [0.2, 0.25) is 0 Å². The lowest BCUT2D eigenvalue weighted by Gasteiger charge is -2.02. The van der Waals surface area contributed by atoms with E-state index >= 15 is 0 Å². The number of hydrogen-bond acceptors (Lipinski definition) is 2. The maximum atomic E-state index is 10.2. The van der Waals surface area contributed by atoms with Crippen LogP contribution in [0.1, 0.15) is 27.2 Å². The molecule has 0 amide bonds. The molecule has 0 heterocycles. The molecular formula is C7H15IO2. The van der Waals surface area contributed by atoms with Gasteiger partial charge in [0.2, 0.25) is 0 Å². The van der Waals surface area contributed by atoms with Crippen molar-refractivity contribution in [1.82, 2.24) is 0 Å². The van der Waals surface area contributed by atoms with Crippen molar-refractivity contribution in [2.75, 3.05) is 6.61 Å². The maximum absolute atomic E-state index is 10.2. The summed E-state index contributed by atoms with van der Waals surface area (Å²) in [5.74, 6) is 0.431. The van der Waals surface area contributed by atoms with E-state index < -0.39 is 0 Å². The minimum atomic E-state index is -0.185. The van der Waals surface area contributed by atoms with Gasteiger partial charge in [0.1, 0.15) is 0 Å². The molecule has 0 aromatic heterocycles. The first kappa shape index (κ1) is 12.8. The van der Waals surface area contributed by atoms with Crippen LogP contribution in [0.3, 0.4) is 0 Å². The molecule has 62 valence electrons. The van der Waals surface area contributed by atoms with E-state index in [2.05, 4.69) is 13.8 Å². The van der Waals surface area contributed by atoms with Crippen molar-refractivity contribution in [2.45, 2.75) is 27.2 Å². The van der Waals surface area contributed by atoms with Gasteiger partial charge in [-0.15, -0.1) is 24.0 Å². The third kappa shape index (κ3) is 11.1. The van der Waals surface area contributed by atoms with Crippen LogP contribution in [0.4, 0.5) is 0 Å². The van der Waals surface area contributed by atoms with Gasteiger partial charge in [0, 0.05) is 6.92 Å². The summed E-state index contributed by atoms with van der Waals surface area (Å²) >= 11 is 0. The van der Waals surface area contributed by atoms with Crippen molar-refractivity contribution >= 4 is 29.9 Å². The van der Waals surface area contributed by atoms with E-state index in [9.17, 15) is 4.79 Å². The molecule has 0 aliphatic rings. The normalized spacial score (nSPS) is 8.80. The van der Waals surface area contributed by atoms with Gasteiger partial charge in [0.05, 0.1) is 6.61 Å². The Balaban J connectivity index is 0. The van der Waals surface area contributed by atoms with Gasteiger partial charge in [-0.05, 0) is 12.3 Å². The number of carbonyl (C=O) groups is 1. The van der Waals surface area contributed by atoms with E-state index in [1.54, 1.807) is 0 Å². The zero-order valence-electron chi connectivity index (χ0n) is 6.72. The standard InChI is InChI=1S/C7H14O2.HI/c1-6(2)4-5-9-7(3)8;/h6H,4-5H2,1-3H3;1H. The fourth-order valence-electron chi connectivity index (χ4n) is 0.438. The lowest BCUT2D eigenvalue weighted by atomic mass is 10.1. The number of carbonyl (C=O) groups excluding carboxylic acids is 1. The first-order valence-corrected chi connectivity index (χ1v) is 3.26. The Morgan fingerprint density at radius 2 is 2.00 bits per heavy atom. The van der Waals surface area contributed by atoms with E-state index in [-0.39, 0.29) is 29.9 Å². The molecule has 3 heteroatoms. The molecule has 10 heavy (non-hydrogen) atoms. The second-order valence-electron chi connectivity index (χ2n) is 2.52. The summed E-state index contributed by atoms with van der Waals surface area (Å²) in [6, 6.07) is 0. The van der Waals surface area contributed by atoms with Gasteiger partial charge < -0.3 is 4.74 Å². The van der Waals surface area contributed by atoms with E-state index in [1.165, 1.54) is 6.92 Å². The summed E-state index contributed by atoms with van der Waals surface area (Å²) in [6.45, 7) is 6.19. The molecule has 0 fully saturated rings. The van der Waals surface area contributed by atoms with Gasteiger partial charge >= 0.3 is 5.97 Å². The first-order valence-electron chi connectivity index (χ1n) is 3.26. The van der Waals surface area contributed by atoms with Crippen molar-refractivity contribution in [1.29, 1.82) is 0 Å². The highest BCUT2D eigenvalue weighted by molar-refractivity contribution is 14.0. The van der Waals surface area contributed by atoms with E-state index in [0.29, 0.717) is 12.5 Å². The topological polar surface area (TPSA) is 26.3 Å². The molecule has 0 radical (unpaired) electrons. The van der Waals surface area contributed by atoms with Gasteiger partial charge in [-0.1, -0.05) is 13.8 Å². The molecule has 0 saturated heterocycles. The zero-order chi connectivity index (χ0) is 7.28. The Morgan fingerprint density at radius 3 is 2.30 bits per heavy atom. The number of hydrogen-bond donors (Lipinski definition) is 0. The summed E-state index contributed by atoms with van der Waals surface area (Å²) in [5.41, 5.74) is 0. The Kier molecular flexibility index (Phi) is 9.38. The van der Waals surface area contributed by atoms with Crippen molar-refractivity contribution in [3.8, 4) is 0 Å². The fourth-order valence-corrected chi connectivity index (χ4v) is 0.438. The third-order valence-corrected chi connectivity index (χ3v) is 1.00. The van der Waals surface area contributed by atoms with Crippen molar-refractivity contribution < 1.29 is 9.53 Å². The van der Waals surface area contributed by atoms with Crippen LogP contribution in [-0.2, 0) is 9.53 Å². The molecule has 0 aliphatic carbocycles. The average Bonchev–Trinajstić information content (AvgIpc) is 1.63. The van der Waals surface area contributed by atoms with Crippen LogP contribution in [0.15, 0.2) is 0 Å². The number of ether oxygens (including phenoxy) is 1. The molecule has 0 aromatic rings. The number of rotatable bonds is 3. The van der Waals surface area contributed by atoms with Gasteiger partial charge in [0.25, 0.3) is 0 Å². The summed E-state index contributed by atoms with van der Waals surface area (Å²) in [5, 5.41) is 0. The van der Waals surface area contributed by atoms with Crippen molar-refractivity contribution in [3.05, 3.63) is 0 Å². The molecule has 0 aliphatic heterocycles. The van der Waals surface area contributed by atoms with E-state index in [1.807, 2.05) is 0 Å². The molecule has 0 unspecified atom stereocenters. The van der Waals surface area contributed by atoms with Crippen LogP contribution in [0.5, 0.6) is 0 Å². The zero-order valence-corrected chi connectivity index (χ0v) is 9.05. The highest BCUT2D eigenvalue weighted by Gasteiger charge is 1.94. The number of esters is 1. The van der Waals surface area contributed by atoms with Gasteiger partial charge in [-0.2, -0.15) is 0 Å². The Hall–Kier alpha value is 0.200. The summed E-state index contributed by atoms with van der Waals surface area (Å²) in [6.07, 6.45) is 0.958. The molecule has 0 atom stereocenters. The van der Waals surface area contributed by atoms with Crippen molar-refractivity contribution in [2.24, 2.45) is 5.92 Å². The molecule has 0 bridgehead atoms. The molecule has 0 aromatic carbocycles. The second kappa shape index (κ2) is 7.31. The van der Waals surface area contributed by atoms with Crippen LogP contribution >= 0.6 is 24.0 Å². The lowest BCUT2D eigenvalue weighted by molar-refractivity contribution is -0.141. The molecule has 0 saturated carbocycles. The molecule has 0 N–H and O–H groups in total. The SMILES string of the molecule is CC(=O)OCCC(C)C.I.